The summed E-state index contributed by atoms with van der Waals surface area (Å²) in [5.41, 5.74) is 1.21. The van der Waals surface area contributed by atoms with E-state index in [9.17, 15) is 9.59 Å². The van der Waals surface area contributed by atoms with Crippen LogP contribution in [0.3, 0.4) is 0 Å². The first kappa shape index (κ1) is 10.9. The van der Waals surface area contributed by atoms with E-state index >= 15 is 0 Å². The fourth-order valence-corrected chi connectivity index (χ4v) is 2.33. The van der Waals surface area contributed by atoms with E-state index in [1.54, 1.807) is 0 Å². The maximum atomic E-state index is 12.0. The molecule has 0 fully saturated rings. The SMILES string of the molecule is COC1=C(OC)C(=O)C2=C(CC(C)C2)C1=O. The summed E-state index contributed by atoms with van der Waals surface area (Å²) in [4.78, 5) is 24.1. The topological polar surface area (TPSA) is 52.6 Å². The molecule has 0 aromatic carbocycles. The van der Waals surface area contributed by atoms with Gasteiger partial charge in [0.15, 0.2) is 0 Å². The Morgan fingerprint density at radius 2 is 1.31 bits per heavy atom. The molecule has 0 saturated carbocycles. The molecule has 0 unspecified atom stereocenters. The third-order valence-corrected chi connectivity index (χ3v) is 3.04. The predicted octanol–water partition coefficient (Wildman–Crippen LogP) is 1.37. The molecule has 0 aliphatic heterocycles. The Kier molecular flexibility index (Phi) is 2.58. The average Bonchev–Trinajstić information content (AvgIpc) is 2.65. The van der Waals surface area contributed by atoms with Gasteiger partial charge < -0.3 is 9.47 Å². The third-order valence-electron chi connectivity index (χ3n) is 3.04. The minimum Gasteiger partial charge on any atom is -0.489 e. The molecule has 0 spiro atoms. The maximum Gasteiger partial charge on any atom is 0.228 e. The predicted molar refractivity (Wildman–Crippen MR) is 56.5 cm³/mol. The zero-order chi connectivity index (χ0) is 11.9. The molecule has 0 amide bonds. The van der Waals surface area contributed by atoms with Crippen molar-refractivity contribution in [1.82, 2.24) is 0 Å². The lowest BCUT2D eigenvalue weighted by Crippen LogP contribution is -2.23. The van der Waals surface area contributed by atoms with E-state index in [0.717, 1.165) is 0 Å². The molecule has 0 aromatic rings. The summed E-state index contributed by atoms with van der Waals surface area (Å²) in [7, 11) is 2.76. The molecule has 16 heavy (non-hydrogen) atoms. The molecule has 0 aromatic heterocycles. The highest BCUT2D eigenvalue weighted by molar-refractivity contribution is 6.24. The first-order valence-corrected chi connectivity index (χ1v) is 5.23. The van der Waals surface area contributed by atoms with Gasteiger partial charge in [-0.25, -0.2) is 0 Å². The van der Waals surface area contributed by atoms with Crippen molar-refractivity contribution in [1.29, 1.82) is 0 Å². The number of hydrogen-bond acceptors (Lipinski definition) is 4. The second-order valence-electron chi connectivity index (χ2n) is 4.20. The number of ketones is 2. The number of methoxy groups -OCH3 is 2. The second-order valence-corrected chi connectivity index (χ2v) is 4.20. The van der Waals surface area contributed by atoms with Crippen LogP contribution in [0.2, 0.25) is 0 Å². The number of ether oxygens (including phenoxy) is 2. The molecular formula is C12H14O4. The quantitative estimate of drug-likeness (QED) is 0.662. The fraction of sp³-hybridized carbons (Fsp3) is 0.500. The Labute approximate surface area is 93.9 Å². The van der Waals surface area contributed by atoms with Crippen LogP contribution in [0, 0.1) is 5.92 Å². The van der Waals surface area contributed by atoms with Crippen LogP contribution in [-0.4, -0.2) is 25.8 Å². The molecule has 0 bridgehead atoms. The van der Waals surface area contributed by atoms with Gasteiger partial charge in [-0.05, 0) is 18.8 Å². The molecule has 4 nitrogen and oxygen atoms in total. The third kappa shape index (κ3) is 1.37. The van der Waals surface area contributed by atoms with Crippen LogP contribution in [0.15, 0.2) is 22.7 Å². The van der Waals surface area contributed by atoms with E-state index < -0.39 is 0 Å². The minimum atomic E-state index is -0.196. The maximum absolute atomic E-state index is 12.0. The van der Waals surface area contributed by atoms with Gasteiger partial charge in [-0.15, -0.1) is 0 Å². The summed E-state index contributed by atoms with van der Waals surface area (Å²) < 4.78 is 9.94. The summed E-state index contributed by atoms with van der Waals surface area (Å²) in [5.74, 6) is 0.0320. The van der Waals surface area contributed by atoms with E-state index in [1.165, 1.54) is 14.2 Å². The van der Waals surface area contributed by atoms with Crippen LogP contribution in [0.4, 0.5) is 0 Å². The van der Waals surface area contributed by atoms with Crippen molar-refractivity contribution in [2.24, 2.45) is 5.92 Å². The van der Waals surface area contributed by atoms with Crippen molar-refractivity contribution < 1.29 is 19.1 Å². The van der Waals surface area contributed by atoms with Gasteiger partial charge in [-0.1, -0.05) is 6.92 Å². The first-order valence-electron chi connectivity index (χ1n) is 5.23. The largest absolute Gasteiger partial charge is 0.489 e. The molecule has 0 radical (unpaired) electrons. The molecule has 0 saturated heterocycles. The van der Waals surface area contributed by atoms with E-state index in [0.29, 0.717) is 29.9 Å². The van der Waals surface area contributed by atoms with Crippen LogP contribution >= 0.6 is 0 Å². The van der Waals surface area contributed by atoms with Crippen molar-refractivity contribution in [2.45, 2.75) is 19.8 Å². The van der Waals surface area contributed by atoms with E-state index in [1.807, 2.05) is 6.92 Å². The number of hydrogen-bond donors (Lipinski definition) is 0. The zero-order valence-electron chi connectivity index (χ0n) is 9.62. The first-order chi connectivity index (χ1) is 7.60. The average molecular weight is 222 g/mol. The van der Waals surface area contributed by atoms with Gasteiger partial charge in [0, 0.05) is 11.1 Å². The van der Waals surface area contributed by atoms with Crippen LogP contribution in [-0.2, 0) is 19.1 Å². The zero-order valence-corrected chi connectivity index (χ0v) is 9.62. The van der Waals surface area contributed by atoms with Crippen molar-refractivity contribution in [2.75, 3.05) is 14.2 Å². The Balaban J connectivity index is 2.47. The Hall–Kier alpha value is -1.58. The molecular weight excluding hydrogens is 208 g/mol. The number of allylic oxidation sites excluding steroid dienone is 2. The molecule has 0 N–H and O–H groups in total. The summed E-state index contributed by atoms with van der Waals surface area (Å²) in [6.45, 7) is 2.03. The van der Waals surface area contributed by atoms with Crippen molar-refractivity contribution in [3.63, 3.8) is 0 Å². The molecule has 0 atom stereocenters. The Morgan fingerprint density at radius 1 is 0.938 bits per heavy atom. The smallest absolute Gasteiger partial charge is 0.228 e. The van der Waals surface area contributed by atoms with Gasteiger partial charge in [0.2, 0.25) is 23.1 Å². The van der Waals surface area contributed by atoms with Crippen molar-refractivity contribution in [3.8, 4) is 0 Å². The Morgan fingerprint density at radius 3 is 1.62 bits per heavy atom. The van der Waals surface area contributed by atoms with Crippen molar-refractivity contribution >= 4 is 11.6 Å². The van der Waals surface area contributed by atoms with E-state index in [2.05, 4.69) is 0 Å². The highest BCUT2D eigenvalue weighted by Gasteiger charge is 2.40. The number of carbonyl (C=O) groups is 2. The lowest BCUT2D eigenvalue weighted by molar-refractivity contribution is -0.121. The number of carbonyl (C=O) groups excluding carboxylic acids is 2. The highest BCUT2D eigenvalue weighted by Crippen LogP contribution is 2.38. The van der Waals surface area contributed by atoms with Gasteiger partial charge in [-0.2, -0.15) is 0 Å². The summed E-state index contributed by atoms with van der Waals surface area (Å²) >= 11 is 0. The van der Waals surface area contributed by atoms with Gasteiger partial charge >= 0.3 is 0 Å². The summed E-state index contributed by atoms with van der Waals surface area (Å²) in [6.07, 6.45) is 1.31. The highest BCUT2D eigenvalue weighted by atomic mass is 16.5. The number of Topliss-reactive ketones (excluding diaryl/α,β-unsaturated/α-hetero) is 2. The van der Waals surface area contributed by atoms with Gasteiger partial charge in [0.05, 0.1) is 14.2 Å². The Bertz CT molecular complexity index is 390. The standard InChI is InChI=1S/C12H14O4/c1-6-4-7-8(5-6)10(14)12(16-3)11(15-2)9(7)13/h6H,4-5H2,1-3H3. The number of rotatable bonds is 2. The van der Waals surface area contributed by atoms with Crippen molar-refractivity contribution in [3.05, 3.63) is 22.7 Å². The van der Waals surface area contributed by atoms with Gasteiger partial charge in [0.1, 0.15) is 0 Å². The second kappa shape index (κ2) is 3.77. The van der Waals surface area contributed by atoms with Gasteiger partial charge in [-0.3, -0.25) is 9.59 Å². The van der Waals surface area contributed by atoms with Crippen LogP contribution < -0.4 is 0 Å². The van der Waals surface area contributed by atoms with E-state index in [-0.39, 0.29) is 23.1 Å². The lowest BCUT2D eigenvalue weighted by Gasteiger charge is -2.17. The normalized spacial score (nSPS) is 21.7. The molecule has 2 rings (SSSR count). The molecule has 0 heterocycles. The van der Waals surface area contributed by atoms with Crippen LogP contribution in [0.5, 0.6) is 0 Å². The minimum absolute atomic E-state index is 0.0420. The molecule has 2 aliphatic carbocycles. The van der Waals surface area contributed by atoms with Crippen LogP contribution in [0.1, 0.15) is 19.8 Å². The summed E-state index contributed by atoms with van der Waals surface area (Å²) in [6, 6.07) is 0. The van der Waals surface area contributed by atoms with Crippen LogP contribution in [0.25, 0.3) is 0 Å². The summed E-state index contributed by atoms with van der Waals surface area (Å²) in [5, 5.41) is 0. The lowest BCUT2D eigenvalue weighted by atomic mass is 9.94. The monoisotopic (exact) mass is 222 g/mol. The van der Waals surface area contributed by atoms with E-state index in [4.69, 9.17) is 9.47 Å². The molecule has 2 aliphatic rings. The molecule has 4 heteroatoms. The molecule has 86 valence electrons. The van der Waals surface area contributed by atoms with Gasteiger partial charge in [0.25, 0.3) is 0 Å². The fourth-order valence-electron chi connectivity index (χ4n) is 2.33.